The Morgan fingerprint density at radius 1 is 0.839 bits per heavy atom. The van der Waals surface area contributed by atoms with E-state index in [-0.39, 0.29) is 17.7 Å². The number of carbonyl (C=O) groups is 3. The lowest BCUT2D eigenvalue weighted by atomic mass is 10.1. The van der Waals surface area contributed by atoms with Gasteiger partial charge in [0.2, 0.25) is 5.91 Å². The van der Waals surface area contributed by atoms with Crippen molar-refractivity contribution >= 4 is 34.8 Å². The van der Waals surface area contributed by atoms with E-state index in [2.05, 4.69) is 10.6 Å². The number of rotatable bonds is 5. The maximum Gasteiger partial charge on any atom is 0.255 e. The predicted molar refractivity (Wildman–Crippen MR) is 122 cm³/mol. The summed E-state index contributed by atoms with van der Waals surface area (Å²) in [4.78, 5) is 39.0. The van der Waals surface area contributed by atoms with Crippen molar-refractivity contribution in [2.75, 3.05) is 22.1 Å². The number of hydrogen-bond acceptors (Lipinski definition) is 3. The molecule has 6 nitrogen and oxygen atoms in total. The van der Waals surface area contributed by atoms with Gasteiger partial charge >= 0.3 is 0 Å². The zero-order valence-corrected chi connectivity index (χ0v) is 17.2. The van der Waals surface area contributed by atoms with Gasteiger partial charge in [0.05, 0.1) is 0 Å². The SMILES string of the molecule is Cc1ccc(NC(=O)c2ccccc2)cc1NC(=O)c1cccc(N2CCCC2=O)c1. The fourth-order valence-electron chi connectivity index (χ4n) is 3.56. The molecule has 0 atom stereocenters. The number of nitrogens with zero attached hydrogens (tertiary/aromatic N) is 1. The Morgan fingerprint density at radius 2 is 1.58 bits per heavy atom. The largest absolute Gasteiger partial charge is 0.322 e. The fraction of sp³-hybridized carbons (Fsp3) is 0.160. The van der Waals surface area contributed by atoms with E-state index in [1.54, 1.807) is 59.5 Å². The average Bonchev–Trinajstić information content (AvgIpc) is 3.22. The lowest BCUT2D eigenvalue weighted by Gasteiger charge is -2.17. The first-order valence-corrected chi connectivity index (χ1v) is 10.2. The van der Waals surface area contributed by atoms with Crippen LogP contribution in [0, 0.1) is 6.92 Å². The average molecular weight is 413 g/mol. The molecule has 3 amide bonds. The van der Waals surface area contributed by atoms with E-state index in [1.807, 2.05) is 25.1 Å². The number of anilines is 3. The maximum atomic E-state index is 12.9. The summed E-state index contributed by atoms with van der Waals surface area (Å²) in [5, 5.41) is 5.77. The molecule has 156 valence electrons. The Kier molecular flexibility index (Phi) is 5.80. The summed E-state index contributed by atoms with van der Waals surface area (Å²) >= 11 is 0. The fourth-order valence-corrected chi connectivity index (χ4v) is 3.56. The van der Waals surface area contributed by atoms with Crippen LogP contribution in [0.2, 0.25) is 0 Å². The minimum absolute atomic E-state index is 0.0789. The summed E-state index contributed by atoms with van der Waals surface area (Å²) in [6.45, 7) is 2.56. The van der Waals surface area contributed by atoms with Gasteiger partial charge in [-0.1, -0.05) is 30.3 Å². The molecule has 0 bridgehead atoms. The Hall–Kier alpha value is -3.93. The van der Waals surface area contributed by atoms with Gasteiger partial charge in [-0.05, 0) is 61.4 Å². The Labute approximate surface area is 180 Å². The van der Waals surface area contributed by atoms with Crippen molar-refractivity contribution in [2.45, 2.75) is 19.8 Å². The van der Waals surface area contributed by atoms with Gasteiger partial charge in [0.1, 0.15) is 0 Å². The molecule has 2 N–H and O–H groups in total. The molecule has 1 aliphatic heterocycles. The molecule has 0 radical (unpaired) electrons. The van der Waals surface area contributed by atoms with Crippen molar-refractivity contribution in [1.82, 2.24) is 0 Å². The van der Waals surface area contributed by atoms with Gasteiger partial charge in [-0.3, -0.25) is 14.4 Å². The molecule has 4 rings (SSSR count). The zero-order valence-electron chi connectivity index (χ0n) is 17.2. The van der Waals surface area contributed by atoms with Crippen LogP contribution in [-0.4, -0.2) is 24.3 Å². The number of benzene rings is 3. The van der Waals surface area contributed by atoms with Crippen molar-refractivity contribution in [3.05, 3.63) is 89.5 Å². The van der Waals surface area contributed by atoms with E-state index in [9.17, 15) is 14.4 Å². The van der Waals surface area contributed by atoms with Gasteiger partial charge in [-0.15, -0.1) is 0 Å². The number of amides is 3. The number of carbonyl (C=O) groups excluding carboxylic acids is 3. The van der Waals surface area contributed by atoms with Gasteiger partial charge in [0.25, 0.3) is 11.8 Å². The molecule has 3 aromatic rings. The van der Waals surface area contributed by atoms with E-state index in [4.69, 9.17) is 0 Å². The van der Waals surface area contributed by atoms with E-state index < -0.39 is 0 Å². The number of hydrogen-bond donors (Lipinski definition) is 2. The number of nitrogens with one attached hydrogen (secondary N) is 2. The van der Waals surface area contributed by atoms with Crippen molar-refractivity contribution in [1.29, 1.82) is 0 Å². The quantitative estimate of drug-likeness (QED) is 0.640. The minimum atomic E-state index is -0.275. The molecular weight excluding hydrogens is 390 g/mol. The van der Waals surface area contributed by atoms with Crippen LogP contribution in [0.5, 0.6) is 0 Å². The molecule has 31 heavy (non-hydrogen) atoms. The monoisotopic (exact) mass is 413 g/mol. The normalized spacial score (nSPS) is 13.2. The van der Waals surface area contributed by atoms with Gasteiger partial charge < -0.3 is 15.5 Å². The summed E-state index contributed by atoms with van der Waals surface area (Å²) in [5.74, 6) is -0.414. The topological polar surface area (TPSA) is 78.5 Å². The summed E-state index contributed by atoms with van der Waals surface area (Å²) in [5.41, 5.74) is 3.83. The standard InChI is InChI=1S/C25H23N3O3/c1-17-12-13-20(26-24(30)18-7-3-2-4-8-18)16-22(17)27-25(31)19-9-5-10-21(15-19)28-14-6-11-23(28)29/h2-5,7-10,12-13,15-16H,6,11,14H2,1H3,(H,26,30)(H,27,31). The molecule has 1 heterocycles. The van der Waals surface area contributed by atoms with Crippen LogP contribution >= 0.6 is 0 Å². The highest BCUT2D eigenvalue weighted by Gasteiger charge is 2.22. The molecule has 1 fully saturated rings. The highest BCUT2D eigenvalue weighted by Crippen LogP contribution is 2.24. The first-order chi connectivity index (χ1) is 15.0. The molecule has 1 saturated heterocycles. The minimum Gasteiger partial charge on any atom is -0.322 e. The third kappa shape index (κ3) is 4.64. The second-order valence-electron chi connectivity index (χ2n) is 7.50. The van der Waals surface area contributed by atoms with Gasteiger partial charge in [-0.2, -0.15) is 0 Å². The van der Waals surface area contributed by atoms with Crippen molar-refractivity contribution < 1.29 is 14.4 Å². The lowest BCUT2D eigenvalue weighted by molar-refractivity contribution is -0.117. The Bertz CT molecular complexity index is 1140. The maximum absolute atomic E-state index is 12.9. The molecule has 1 aliphatic rings. The van der Waals surface area contributed by atoms with Crippen LogP contribution in [0.3, 0.4) is 0 Å². The summed E-state index contributed by atoms with van der Waals surface area (Å²) in [7, 11) is 0. The van der Waals surface area contributed by atoms with Gasteiger partial charge in [0, 0.05) is 41.2 Å². The van der Waals surface area contributed by atoms with Crippen LogP contribution in [-0.2, 0) is 4.79 Å². The third-order valence-electron chi connectivity index (χ3n) is 5.27. The second-order valence-corrected chi connectivity index (χ2v) is 7.50. The number of aryl methyl sites for hydroxylation is 1. The molecule has 0 unspecified atom stereocenters. The van der Waals surface area contributed by atoms with Crippen molar-refractivity contribution in [3.63, 3.8) is 0 Å². The van der Waals surface area contributed by atoms with Crippen LogP contribution < -0.4 is 15.5 Å². The first kappa shape index (κ1) is 20.3. The molecule has 0 aliphatic carbocycles. The molecular formula is C25H23N3O3. The lowest BCUT2D eigenvalue weighted by Crippen LogP contribution is -2.24. The molecule has 0 spiro atoms. The predicted octanol–water partition coefficient (Wildman–Crippen LogP) is 4.63. The zero-order chi connectivity index (χ0) is 21.8. The first-order valence-electron chi connectivity index (χ1n) is 10.2. The van der Waals surface area contributed by atoms with E-state index in [0.717, 1.165) is 17.7 Å². The van der Waals surface area contributed by atoms with Crippen LogP contribution in [0.1, 0.15) is 39.1 Å². The summed E-state index contributed by atoms with van der Waals surface area (Å²) < 4.78 is 0. The van der Waals surface area contributed by atoms with Crippen molar-refractivity contribution in [2.24, 2.45) is 0 Å². The highest BCUT2D eigenvalue weighted by molar-refractivity contribution is 6.07. The summed E-state index contributed by atoms with van der Waals surface area (Å²) in [6.07, 6.45) is 1.37. The Morgan fingerprint density at radius 3 is 2.32 bits per heavy atom. The van der Waals surface area contributed by atoms with Crippen LogP contribution in [0.15, 0.2) is 72.8 Å². The van der Waals surface area contributed by atoms with Gasteiger partial charge in [-0.25, -0.2) is 0 Å². The second kappa shape index (κ2) is 8.83. The van der Waals surface area contributed by atoms with Gasteiger partial charge in [0.15, 0.2) is 0 Å². The molecule has 6 heteroatoms. The van der Waals surface area contributed by atoms with E-state index >= 15 is 0 Å². The summed E-state index contributed by atoms with van der Waals surface area (Å²) in [6, 6.07) is 21.4. The van der Waals surface area contributed by atoms with Crippen molar-refractivity contribution in [3.8, 4) is 0 Å². The molecule has 0 aromatic heterocycles. The van der Waals surface area contributed by atoms with Crippen LogP contribution in [0.4, 0.5) is 17.1 Å². The molecule has 3 aromatic carbocycles. The van der Waals surface area contributed by atoms with Crippen LogP contribution in [0.25, 0.3) is 0 Å². The van der Waals surface area contributed by atoms with E-state index in [0.29, 0.717) is 35.5 Å². The Balaban J connectivity index is 1.50. The highest BCUT2D eigenvalue weighted by atomic mass is 16.2. The smallest absolute Gasteiger partial charge is 0.255 e. The van der Waals surface area contributed by atoms with E-state index in [1.165, 1.54) is 0 Å². The molecule has 0 saturated carbocycles. The third-order valence-corrected chi connectivity index (χ3v) is 5.27.